The molecular formula is C29H32F2N8O4. The summed E-state index contributed by atoms with van der Waals surface area (Å²) in [6, 6.07) is 6.00. The van der Waals surface area contributed by atoms with E-state index in [9.17, 15) is 14.4 Å². The third kappa shape index (κ3) is 6.26. The summed E-state index contributed by atoms with van der Waals surface area (Å²) in [5.74, 6) is -0.137. The zero-order valence-corrected chi connectivity index (χ0v) is 24.5. The number of halogens is 2. The van der Waals surface area contributed by atoms with Crippen LogP contribution in [0, 0.1) is 24.1 Å². The number of carbonyl (C=O) groups is 1. The number of nitriles is 1. The monoisotopic (exact) mass is 594 g/mol. The van der Waals surface area contributed by atoms with Crippen molar-refractivity contribution in [3.05, 3.63) is 59.6 Å². The Labute approximate surface area is 246 Å². The Morgan fingerprint density at radius 3 is 2.72 bits per heavy atom. The molecule has 3 atom stereocenters. The zero-order chi connectivity index (χ0) is 30.9. The molecule has 5 rings (SSSR count). The minimum absolute atomic E-state index is 0.00964. The minimum Gasteiger partial charge on any atom is -0.488 e. The number of hydrogen-bond acceptors (Lipinski definition) is 9. The van der Waals surface area contributed by atoms with Gasteiger partial charge in [0, 0.05) is 25.4 Å². The molecule has 1 fully saturated rings. The van der Waals surface area contributed by atoms with Crippen LogP contribution >= 0.6 is 0 Å². The van der Waals surface area contributed by atoms with Gasteiger partial charge >= 0.3 is 6.09 Å². The second-order valence-corrected chi connectivity index (χ2v) is 11.3. The van der Waals surface area contributed by atoms with Gasteiger partial charge in [-0.3, -0.25) is 4.98 Å². The molecule has 0 saturated carbocycles. The van der Waals surface area contributed by atoms with Crippen LogP contribution < -0.4 is 4.74 Å². The van der Waals surface area contributed by atoms with Gasteiger partial charge in [0.1, 0.15) is 58.9 Å². The molecule has 4 aromatic rings. The van der Waals surface area contributed by atoms with Crippen molar-refractivity contribution in [3.8, 4) is 23.1 Å². The smallest absolute Gasteiger partial charge is 0.410 e. The molecular weight excluding hydrogens is 562 g/mol. The molecule has 1 amide bonds. The summed E-state index contributed by atoms with van der Waals surface area (Å²) >= 11 is 0. The maximum Gasteiger partial charge on any atom is 0.410 e. The molecule has 1 aliphatic heterocycles. The lowest BCUT2D eigenvalue weighted by Gasteiger charge is -2.35. The normalized spacial score (nSPS) is 18.0. The van der Waals surface area contributed by atoms with Gasteiger partial charge in [0.05, 0.1) is 36.4 Å². The van der Waals surface area contributed by atoms with Gasteiger partial charge in [0.25, 0.3) is 0 Å². The number of nitrogens with zero attached hydrogens (tertiary/aromatic N) is 8. The molecule has 5 heterocycles. The molecule has 12 nitrogen and oxygen atoms in total. The molecule has 0 spiro atoms. The molecule has 0 bridgehead atoms. The maximum absolute atomic E-state index is 15.4. The Morgan fingerprint density at radius 2 is 2.07 bits per heavy atom. The van der Waals surface area contributed by atoms with Crippen LogP contribution in [0.2, 0.25) is 0 Å². The summed E-state index contributed by atoms with van der Waals surface area (Å²) < 4.78 is 48.9. The van der Waals surface area contributed by atoms with Gasteiger partial charge < -0.3 is 19.1 Å². The standard InChI is InChI=1S/C29H32F2N8O4/c1-17-26(35-36-39(17)23-8-9-37(15-21(23)31)28(40)43-29(2,3)4)18-10-24(27-19(11-32)12-34-38(27)14-18)42-16-25(41-5)22-7-6-20(30)13-33-22/h6-7,10,12-14,21,23,25H,8-9,15-16H2,1-5H3/t21-,23+,25?/m0/s1. The van der Waals surface area contributed by atoms with E-state index in [2.05, 4.69) is 26.5 Å². The number of fused-ring (bicyclic) bond motifs is 1. The number of ether oxygens (including phenoxy) is 3. The van der Waals surface area contributed by atoms with Gasteiger partial charge in [0.15, 0.2) is 0 Å². The molecule has 226 valence electrons. The third-order valence-corrected chi connectivity index (χ3v) is 7.13. The molecule has 4 aromatic heterocycles. The molecule has 43 heavy (non-hydrogen) atoms. The molecule has 0 radical (unpaired) electrons. The van der Waals surface area contributed by atoms with E-state index in [1.165, 1.54) is 34.9 Å². The molecule has 1 saturated heterocycles. The van der Waals surface area contributed by atoms with Crippen molar-refractivity contribution < 1.29 is 27.8 Å². The van der Waals surface area contributed by atoms with Crippen molar-refractivity contribution in [2.75, 3.05) is 26.8 Å². The Bertz CT molecular complexity index is 1660. The van der Waals surface area contributed by atoms with E-state index < -0.39 is 35.8 Å². The lowest BCUT2D eigenvalue weighted by Crippen LogP contribution is -2.47. The van der Waals surface area contributed by atoms with E-state index in [0.29, 0.717) is 52.4 Å². The largest absolute Gasteiger partial charge is 0.488 e. The Hall–Kier alpha value is -4.64. The van der Waals surface area contributed by atoms with Crippen molar-refractivity contribution in [2.24, 2.45) is 0 Å². The van der Waals surface area contributed by atoms with Gasteiger partial charge in [-0.25, -0.2) is 22.8 Å². The number of aromatic nitrogens is 6. The first-order valence-electron chi connectivity index (χ1n) is 13.7. The van der Waals surface area contributed by atoms with E-state index >= 15 is 4.39 Å². The predicted octanol–water partition coefficient (Wildman–Crippen LogP) is 4.59. The van der Waals surface area contributed by atoms with Crippen LogP contribution in [0.25, 0.3) is 16.8 Å². The van der Waals surface area contributed by atoms with E-state index in [1.54, 1.807) is 44.6 Å². The fourth-order valence-corrected chi connectivity index (χ4v) is 5.01. The first kappa shape index (κ1) is 29.8. The van der Waals surface area contributed by atoms with Crippen LogP contribution in [0.3, 0.4) is 0 Å². The van der Waals surface area contributed by atoms with E-state index in [4.69, 9.17) is 14.2 Å². The highest BCUT2D eigenvalue weighted by molar-refractivity contribution is 5.74. The van der Waals surface area contributed by atoms with Crippen molar-refractivity contribution in [2.45, 2.75) is 58.0 Å². The highest BCUT2D eigenvalue weighted by atomic mass is 19.1. The summed E-state index contributed by atoms with van der Waals surface area (Å²) in [6.07, 6.45) is 2.00. The Balaban J connectivity index is 1.40. The van der Waals surface area contributed by atoms with E-state index in [0.717, 1.165) is 6.20 Å². The average Bonchev–Trinajstić information content (AvgIpc) is 3.56. The highest BCUT2D eigenvalue weighted by Crippen LogP contribution is 2.34. The second-order valence-electron chi connectivity index (χ2n) is 11.3. The number of likely N-dealkylation sites (tertiary alicyclic amines) is 1. The second kappa shape index (κ2) is 11.9. The zero-order valence-electron chi connectivity index (χ0n) is 24.5. The van der Waals surface area contributed by atoms with Gasteiger partial charge in [-0.05, 0) is 52.3 Å². The van der Waals surface area contributed by atoms with Crippen LogP contribution in [0.4, 0.5) is 13.6 Å². The average molecular weight is 595 g/mol. The van der Waals surface area contributed by atoms with Gasteiger partial charge in [-0.15, -0.1) is 5.10 Å². The van der Waals surface area contributed by atoms with Crippen LogP contribution in [0.5, 0.6) is 5.75 Å². The van der Waals surface area contributed by atoms with Crippen LogP contribution in [-0.2, 0) is 9.47 Å². The summed E-state index contributed by atoms with van der Waals surface area (Å²) in [5.41, 5.74) is 2.21. The van der Waals surface area contributed by atoms with E-state index in [-0.39, 0.29) is 13.2 Å². The molecule has 14 heteroatoms. The van der Waals surface area contributed by atoms with Crippen LogP contribution in [0.15, 0.2) is 36.8 Å². The number of carbonyl (C=O) groups excluding carboxylic acids is 1. The maximum atomic E-state index is 15.4. The lowest BCUT2D eigenvalue weighted by atomic mass is 10.0. The number of alkyl halides is 1. The quantitative estimate of drug-likeness (QED) is 0.301. The summed E-state index contributed by atoms with van der Waals surface area (Å²) in [6.45, 7) is 7.29. The number of piperidine rings is 1. The fraction of sp³-hybridized carbons (Fsp3) is 0.448. The topological polar surface area (TPSA) is 133 Å². The number of amides is 1. The summed E-state index contributed by atoms with van der Waals surface area (Å²) in [5, 5.41) is 22.6. The van der Waals surface area contributed by atoms with Gasteiger partial charge in [0.2, 0.25) is 0 Å². The molecule has 0 N–H and O–H groups in total. The molecule has 0 aromatic carbocycles. The molecule has 1 unspecified atom stereocenters. The van der Waals surface area contributed by atoms with E-state index in [1.807, 2.05) is 0 Å². The number of methoxy groups -OCH3 is 1. The third-order valence-electron chi connectivity index (χ3n) is 7.13. The number of pyridine rings is 2. The van der Waals surface area contributed by atoms with Crippen molar-refractivity contribution in [1.29, 1.82) is 5.26 Å². The van der Waals surface area contributed by atoms with Crippen molar-refractivity contribution in [3.63, 3.8) is 0 Å². The number of rotatable bonds is 7. The molecule has 1 aliphatic rings. The van der Waals surface area contributed by atoms with Gasteiger partial charge in [-0.1, -0.05) is 5.21 Å². The summed E-state index contributed by atoms with van der Waals surface area (Å²) in [4.78, 5) is 17.9. The Kier molecular flexibility index (Phi) is 8.27. The Morgan fingerprint density at radius 1 is 1.28 bits per heavy atom. The first-order chi connectivity index (χ1) is 20.5. The van der Waals surface area contributed by atoms with Crippen molar-refractivity contribution >= 4 is 11.6 Å². The first-order valence-corrected chi connectivity index (χ1v) is 13.7. The van der Waals surface area contributed by atoms with Gasteiger partial charge in [-0.2, -0.15) is 10.4 Å². The van der Waals surface area contributed by atoms with Crippen LogP contribution in [-0.4, -0.2) is 79.2 Å². The minimum atomic E-state index is -1.38. The SMILES string of the molecule is COC(COc1cc(-c2nnn([C@@H]3CCN(C(=O)OC(C)(C)C)C[C@@H]3F)c2C)cn2ncc(C#N)c12)c1ccc(F)cn1. The predicted molar refractivity (Wildman–Crippen MR) is 149 cm³/mol. The number of hydrogen-bond donors (Lipinski definition) is 0. The molecule has 0 aliphatic carbocycles. The highest BCUT2D eigenvalue weighted by Gasteiger charge is 2.36. The fourth-order valence-electron chi connectivity index (χ4n) is 5.01. The van der Waals surface area contributed by atoms with Crippen LogP contribution in [0.1, 0.15) is 56.3 Å². The summed E-state index contributed by atoms with van der Waals surface area (Å²) in [7, 11) is 1.49. The lowest BCUT2D eigenvalue weighted by molar-refractivity contribution is 0.00546. The van der Waals surface area contributed by atoms with Crippen molar-refractivity contribution in [1.82, 2.24) is 34.5 Å².